The van der Waals surface area contributed by atoms with E-state index in [9.17, 15) is 4.79 Å². The van der Waals surface area contributed by atoms with Crippen LogP contribution in [0.3, 0.4) is 0 Å². The molecule has 0 saturated carbocycles. The van der Waals surface area contributed by atoms with Crippen LogP contribution in [-0.2, 0) is 13.1 Å². The predicted molar refractivity (Wildman–Crippen MR) is 118 cm³/mol. The third-order valence-electron chi connectivity index (χ3n) is 5.76. The molecule has 0 radical (unpaired) electrons. The molecular weight excluding hydrogens is 384 g/mol. The third-order valence-corrected chi connectivity index (χ3v) is 6.86. The molecule has 154 valence electrons. The monoisotopic (exact) mass is 412 g/mol. The molecule has 0 spiro atoms. The van der Waals surface area contributed by atoms with Crippen LogP contribution >= 0.6 is 11.3 Å². The maximum atomic E-state index is 12.5. The van der Waals surface area contributed by atoms with Crippen molar-refractivity contribution >= 4 is 21.6 Å². The highest BCUT2D eigenvalue weighted by atomic mass is 32.1. The second-order valence-electron chi connectivity index (χ2n) is 7.84. The van der Waals surface area contributed by atoms with Crippen LogP contribution in [0.1, 0.15) is 27.4 Å². The Hall–Kier alpha value is -2.22. The van der Waals surface area contributed by atoms with E-state index < -0.39 is 0 Å². The molecule has 1 aromatic carbocycles. The van der Waals surface area contributed by atoms with Crippen LogP contribution < -0.4 is 10.3 Å². The van der Waals surface area contributed by atoms with E-state index in [1.807, 2.05) is 19.9 Å². The van der Waals surface area contributed by atoms with Crippen molar-refractivity contribution in [3.63, 3.8) is 0 Å². The first-order chi connectivity index (χ1) is 13.9. The molecule has 1 aliphatic heterocycles. The quantitative estimate of drug-likeness (QED) is 0.697. The van der Waals surface area contributed by atoms with Crippen molar-refractivity contribution < 1.29 is 4.74 Å². The maximum Gasteiger partial charge on any atom is 0.259 e. The summed E-state index contributed by atoms with van der Waals surface area (Å²) in [5, 5.41) is 0.744. The largest absolute Gasteiger partial charge is 0.496 e. The molecule has 1 N–H and O–H groups in total. The Kier molecular flexibility index (Phi) is 5.72. The Morgan fingerprint density at radius 2 is 1.79 bits per heavy atom. The lowest BCUT2D eigenvalue weighted by atomic mass is 10.1. The number of thiophene rings is 1. The van der Waals surface area contributed by atoms with Crippen LogP contribution in [-0.4, -0.2) is 53.1 Å². The van der Waals surface area contributed by atoms with Gasteiger partial charge in [-0.05, 0) is 32.4 Å². The van der Waals surface area contributed by atoms with Gasteiger partial charge in [-0.3, -0.25) is 14.6 Å². The summed E-state index contributed by atoms with van der Waals surface area (Å²) in [6.07, 6.45) is 0. The molecule has 4 rings (SSSR count). The second-order valence-corrected chi connectivity index (χ2v) is 9.05. The number of benzene rings is 1. The summed E-state index contributed by atoms with van der Waals surface area (Å²) >= 11 is 1.61. The lowest BCUT2D eigenvalue weighted by molar-refractivity contribution is 0.119. The zero-order valence-electron chi connectivity index (χ0n) is 17.5. The van der Waals surface area contributed by atoms with Crippen molar-refractivity contribution in [1.82, 2.24) is 19.8 Å². The highest BCUT2D eigenvalue weighted by Crippen LogP contribution is 2.26. The highest BCUT2D eigenvalue weighted by Gasteiger charge is 2.20. The van der Waals surface area contributed by atoms with E-state index in [2.05, 4.69) is 33.8 Å². The number of fused-ring (bicyclic) bond motifs is 1. The van der Waals surface area contributed by atoms with Gasteiger partial charge in [0.1, 0.15) is 16.4 Å². The number of nitrogens with one attached hydrogen (secondary N) is 1. The van der Waals surface area contributed by atoms with E-state index in [4.69, 9.17) is 9.72 Å². The normalized spacial score (nSPS) is 15.9. The molecular formula is C22H28N4O2S. The average molecular weight is 413 g/mol. The molecule has 6 nitrogen and oxygen atoms in total. The summed E-state index contributed by atoms with van der Waals surface area (Å²) in [6.45, 7) is 11.6. The molecule has 1 aliphatic rings. The molecule has 2 aromatic heterocycles. The molecule has 0 bridgehead atoms. The van der Waals surface area contributed by atoms with E-state index in [1.165, 1.54) is 11.1 Å². The van der Waals surface area contributed by atoms with Gasteiger partial charge in [0.15, 0.2) is 0 Å². The highest BCUT2D eigenvalue weighted by molar-refractivity contribution is 7.18. The Morgan fingerprint density at radius 3 is 2.48 bits per heavy atom. The Bertz CT molecular complexity index is 1080. The molecule has 0 atom stereocenters. The van der Waals surface area contributed by atoms with Gasteiger partial charge in [-0.25, -0.2) is 4.98 Å². The summed E-state index contributed by atoms with van der Waals surface area (Å²) in [5.74, 6) is 1.71. The molecule has 0 unspecified atom stereocenters. The number of aromatic nitrogens is 2. The zero-order chi connectivity index (χ0) is 20.5. The summed E-state index contributed by atoms with van der Waals surface area (Å²) < 4.78 is 5.52. The first kappa shape index (κ1) is 20.1. The number of nitrogens with zero attached hydrogens (tertiary/aromatic N) is 3. The van der Waals surface area contributed by atoms with Gasteiger partial charge < -0.3 is 9.72 Å². The number of piperazine rings is 1. The van der Waals surface area contributed by atoms with Gasteiger partial charge in [-0.2, -0.15) is 0 Å². The fraction of sp³-hybridized carbons (Fsp3) is 0.455. The van der Waals surface area contributed by atoms with Crippen LogP contribution in [0.2, 0.25) is 0 Å². The van der Waals surface area contributed by atoms with Crippen LogP contribution in [0.25, 0.3) is 10.2 Å². The Morgan fingerprint density at radius 1 is 1.10 bits per heavy atom. The Balaban J connectivity index is 1.40. The minimum atomic E-state index is -0.0166. The lowest BCUT2D eigenvalue weighted by Crippen LogP contribution is -2.45. The van der Waals surface area contributed by atoms with Gasteiger partial charge in [-0.15, -0.1) is 11.3 Å². The molecule has 1 fully saturated rings. The van der Waals surface area contributed by atoms with Crippen molar-refractivity contribution in [3.8, 4) is 5.75 Å². The summed E-state index contributed by atoms with van der Waals surface area (Å²) in [4.78, 5) is 27.0. The summed E-state index contributed by atoms with van der Waals surface area (Å²) in [5.41, 5.74) is 3.52. The lowest BCUT2D eigenvalue weighted by Gasteiger charge is -2.34. The number of aromatic amines is 1. The fourth-order valence-corrected chi connectivity index (χ4v) is 5.01. The molecule has 0 amide bonds. The van der Waals surface area contributed by atoms with Crippen LogP contribution in [0, 0.1) is 20.8 Å². The van der Waals surface area contributed by atoms with E-state index in [0.29, 0.717) is 6.54 Å². The average Bonchev–Trinajstić information content (AvgIpc) is 2.98. The predicted octanol–water partition coefficient (Wildman–Crippen LogP) is 3.24. The fourth-order valence-electron chi connectivity index (χ4n) is 3.96. The maximum absolute atomic E-state index is 12.5. The van der Waals surface area contributed by atoms with Crippen LogP contribution in [0.15, 0.2) is 23.0 Å². The minimum Gasteiger partial charge on any atom is -0.496 e. The SMILES string of the molecule is COc1ccc(C)cc1CN1CCN(Cc2nc3sc(C)c(C)c3c(=O)[nH]2)CC1. The number of H-pyrrole nitrogens is 1. The standard InChI is InChI=1S/C22H28N4O2S/c1-14-5-6-18(28-4)17(11-14)12-25-7-9-26(10-8-25)13-19-23-21(27)20-15(2)16(3)29-22(20)24-19/h5-6,11H,7-10,12-13H2,1-4H3,(H,23,24,27). The molecule has 3 heterocycles. The topological polar surface area (TPSA) is 61.5 Å². The van der Waals surface area contributed by atoms with Crippen molar-refractivity contribution in [2.75, 3.05) is 33.3 Å². The van der Waals surface area contributed by atoms with Gasteiger partial charge in [0.2, 0.25) is 0 Å². The number of hydrogen-bond donors (Lipinski definition) is 1. The van der Waals surface area contributed by atoms with Crippen molar-refractivity contribution in [1.29, 1.82) is 0 Å². The van der Waals surface area contributed by atoms with E-state index in [-0.39, 0.29) is 5.56 Å². The van der Waals surface area contributed by atoms with Crippen LogP contribution in [0.4, 0.5) is 0 Å². The van der Waals surface area contributed by atoms with Gasteiger partial charge >= 0.3 is 0 Å². The third kappa shape index (κ3) is 4.22. The zero-order valence-corrected chi connectivity index (χ0v) is 18.4. The molecule has 0 aliphatic carbocycles. The Labute approximate surface area is 175 Å². The van der Waals surface area contributed by atoms with E-state index in [1.54, 1.807) is 18.4 Å². The summed E-state index contributed by atoms with van der Waals surface area (Å²) in [7, 11) is 1.73. The minimum absolute atomic E-state index is 0.0166. The number of rotatable bonds is 5. The smallest absolute Gasteiger partial charge is 0.259 e. The molecule has 7 heteroatoms. The van der Waals surface area contributed by atoms with Gasteiger partial charge in [0.25, 0.3) is 5.56 Å². The van der Waals surface area contributed by atoms with Gasteiger partial charge in [-0.1, -0.05) is 17.7 Å². The number of ether oxygens (including phenoxy) is 1. The number of methoxy groups -OCH3 is 1. The molecule has 1 saturated heterocycles. The molecule has 3 aromatic rings. The van der Waals surface area contributed by atoms with Gasteiger partial charge in [0, 0.05) is 43.2 Å². The number of hydrogen-bond acceptors (Lipinski definition) is 6. The van der Waals surface area contributed by atoms with Crippen molar-refractivity contribution in [2.24, 2.45) is 0 Å². The van der Waals surface area contributed by atoms with E-state index >= 15 is 0 Å². The first-order valence-electron chi connectivity index (χ1n) is 10.0. The van der Waals surface area contributed by atoms with E-state index in [0.717, 1.165) is 65.0 Å². The van der Waals surface area contributed by atoms with Crippen LogP contribution in [0.5, 0.6) is 5.75 Å². The van der Waals surface area contributed by atoms with Crippen molar-refractivity contribution in [3.05, 3.63) is 55.9 Å². The number of aryl methyl sites for hydroxylation is 3. The molecule has 29 heavy (non-hydrogen) atoms. The second kappa shape index (κ2) is 8.26. The first-order valence-corrected chi connectivity index (χ1v) is 10.8. The van der Waals surface area contributed by atoms with Crippen molar-refractivity contribution in [2.45, 2.75) is 33.9 Å². The van der Waals surface area contributed by atoms with Gasteiger partial charge in [0.05, 0.1) is 19.0 Å². The summed E-state index contributed by atoms with van der Waals surface area (Å²) in [6, 6.07) is 6.34.